The normalized spacial score (nSPS) is 12.4. The van der Waals surface area contributed by atoms with Crippen molar-refractivity contribution in [2.75, 3.05) is 17.1 Å². The Hall–Kier alpha value is -2.53. The smallest absolute Gasteiger partial charge is 0.244 e. The zero-order valence-corrected chi connectivity index (χ0v) is 21.1. The Kier molecular flexibility index (Phi) is 8.96. The number of nitrogens with zero attached hydrogens (tertiary/aromatic N) is 2. The molecule has 1 atom stereocenters. The third-order valence-electron chi connectivity index (χ3n) is 4.71. The van der Waals surface area contributed by atoms with Crippen molar-refractivity contribution in [1.82, 2.24) is 10.2 Å². The maximum Gasteiger partial charge on any atom is 0.244 e. The molecular formula is C22H26BrF2N3O4S. The predicted molar refractivity (Wildman–Crippen MR) is 126 cm³/mol. The summed E-state index contributed by atoms with van der Waals surface area (Å²) in [6.07, 6.45) is 0.856. The molecule has 0 aromatic heterocycles. The van der Waals surface area contributed by atoms with Gasteiger partial charge in [-0.05, 0) is 50.6 Å². The molecule has 2 aromatic rings. The number of halogens is 3. The van der Waals surface area contributed by atoms with Gasteiger partial charge in [-0.2, -0.15) is 0 Å². The first-order chi connectivity index (χ1) is 15.3. The Balaban J connectivity index is 2.41. The molecule has 0 aliphatic carbocycles. The Bertz CT molecular complexity index is 1130. The van der Waals surface area contributed by atoms with E-state index in [1.807, 2.05) is 0 Å². The van der Waals surface area contributed by atoms with Crippen LogP contribution in [0.3, 0.4) is 0 Å². The van der Waals surface area contributed by atoms with Crippen LogP contribution in [0.25, 0.3) is 0 Å². The molecular weight excluding hydrogens is 520 g/mol. The lowest BCUT2D eigenvalue weighted by atomic mass is 10.1. The van der Waals surface area contributed by atoms with Gasteiger partial charge in [0.2, 0.25) is 21.8 Å². The van der Waals surface area contributed by atoms with Gasteiger partial charge in [-0.3, -0.25) is 13.9 Å². The van der Waals surface area contributed by atoms with Crippen molar-refractivity contribution in [2.24, 2.45) is 0 Å². The molecule has 2 amide bonds. The van der Waals surface area contributed by atoms with Gasteiger partial charge in [-0.15, -0.1) is 0 Å². The van der Waals surface area contributed by atoms with Crippen LogP contribution in [0.4, 0.5) is 14.5 Å². The van der Waals surface area contributed by atoms with Crippen LogP contribution in [0.5, 0.6) is 0 Å². The highest BCUT2D eigenvalue weighted by Gasteiger charge is 2.30. The van der Waals surface area contributed by atoms with E-state index < -0.39 is 46.1 Å². The number of amides is 2. The molecule has 0 spiro atoms. The predicted octanol–water partition coefficient (Wildman–Crippen LogP) is 3.44. The number of hydrogen-bond donors (Lipinski definition) is 1. The molecule has 33 heavy (non-hydrogen) atoms. The third-order valence-corrected chi connectivity index (χ3v) is 6.34. The van der Waals surface area contributed by atoms with Crippen LogP contribution < -0.4 is 9.62 Å². The maximum absolute atomic E-state index is 13.8. The first-order valence-electron chi connectivity index (χ1n) is 10.1. The van der Waals surface area contributed by atoms with Crippen LogP contribution in [0, 0.1) is 11.6 Å². The SMILES string of the molecule is CC(C)NC(=O)C(C)N(Cc1cccc(Br)c1)C(=O)CN(c1ccc(F)c(F)c1)S(C)(=O)=O. The molecule has 0 saturated carbocycles. The number of anilines is 1. The summed E-state index contributed by atoms with van der Waals surface area (Å²) >= 11 is 3.36. The molecule has 1 unspecified atom stereocenters. The fourth-order valence-electron chi connectivity index (χ4n) is 3.07. The van der Waals surface area contributed by atoms with Gasteiger partial charge in [-0.25, -0.2) is 17.2 Å². The second-order valence-corrected chi connectivity index (χ2v) is 10.7. The van der Waals surface area contributed by atoms with Crippen molar-refractivity contribution in [3.8, 4) is 0 Å². The van der Waals surface area contributed by atoms with Crippen LogP contribution in [0.15, 0.2) is 46.9 Å². The van der Waals surface area contributed by atoms with E-state index in [2.05, 4.69) is 21.2 Å². The summed E-state index contributed by atoms with van der Waals surface area (Å²) in [5.74, 6) is -3.48. The first kappa shape index (κ1) is 26.7. The minimum absolute atomic E-state index is 0.0281. The summed E-state index contributed by atoms with van der Waals surface area (Å²) in [5.41, 5.74) is 0.507. The summed E-state index contributed by atoms with van der Waals surface area (Å²) in [4.78, 5) is 27.2. The monoisotopic (exact) mass is 545 g/mol. The van der Waals surface area contributed by atoms with E-state index in [0.717, 1.165) is 22.9 Å². The van der Waals surface area contributed by atoms with Gasteiger partial charge in [0.15, 0.2) is 11.6 Å². The van der Waals surface area contributed by atoms with Crippen molar-refractivity contribution in [2.45, 2.75) is 39.4 Å². The van der Waals surface area contributed by atoms with Crippen molar-refractivity contribution in [3.63, 3.8) is 0 Å². The standard InChI is InChI=1S/C22H26BrF2N3O4S/c1-14(2)26-22(30)15(3)27(12-16-6-5-7-17(23)10-16)21(29)13-28(33(4,31)32)18-8-9-19(24)20(25)11-18/h5-11,14-15H,12-13H2,1-4H3,(H,26,30). The fraction of sp³-hybridized carbons (Fsp3) is 0.364. The van der Waals surface area contributed by atoms with Crippen LogP contribution in [-0.2, 0) is 26.2 Å². The molecule has 0 saturated heterocycles. The quantitative estimate of drug-likeness (QED) is 0.523. The molecule has 1 N–H and O–H groups in total. The van der Waals surface area contributed by atoms with E-state index >= 15 is 0 Å². The van der Waals surface area contributed by atoms with Crippen molar-refractivity contribution in [3.05, 3.63) is 64.1 Å². The highest BCUT2D eigenvalue weighted by atomic mass is 79.9. The van der Waals surface area contributed by atoms with Crippen LogP contribution in [0.1, 0.15) is 26.3 Å². The average molecular weight is 546 g/mol. The molecule has 0 aliphatic rings. The lowest BCUT2D eigenvalue weighted by Crippen LogP contribution is -2.52. The summed E-state index contributed by atoms with van der Waals surface area (Å²) in [6.45, 7) is 4.42. The number of benzene rings is 2. The molecule has 0 heterocycles. The van der Waals surface area contributed by atoms with Crippen molar-refractivity contribution < 1.29 is 26.8 Å². The molecule has 11 heteroatoms. The number of hydrogen-bond acceptors (Lipinski definition) is 4. The van der Waals surface area contributed by atoms with E-state index in [-0.39, 0.29) is 18.3 Å². The fourth-order valence-corrected chi connectivity index (χ4v) is 4.36. The number of sulfonamides is 1. The second kappa shape index (κ2) is 11.1. The molecule has 0 aliphatic heterocycles. The Morgan fingerprint density at radius 3 is 2.27 bits per heavy atom. The van der Waals surface area contributed by atoms with Gasteiger partial charge in [0.25, 0.3) is 0 Å². The minimum Gasteiger partial charge on any atom is -0.352 e. The van der Waals surface area contributed by atoms with Crippen LogP contribution in [0.2, 0.25) is 0 Å². The molecule has 2 rings (SSSR count). The molecule has 0 fully saturated rings. The first-order valence-corrected chi connectivity index (χ1v) is 12.7. The maximum atomic E-state index is 13.8. The number of nitrogens with one attached hydrogen (secondary N) is 1. The highest BCUT2D eigenvalue weighted by Crippen LogP contribution is 2.22. The van der Waals surface area contributed by atoms with Crippen molar-refractivity contribution >= 4 is 43.5 Å². The molecule has 7 nitrogen and oxygen atoms in total. The lowest BCUT2D eigenvalue weighted by Gasteiger charge is -2.32. The van der Waals surface area contributed by atoms with E-state index in [9.17, 15) is 26.8 Å². The van der Waals surface area contributed by atoms with Gasteiger partial charge in [0.05, 0.1) is 11.9 Å². The van der Waals surface area contributed by atoms with Gasteiger partial charge >= 0.3 is 0 Å². The number of carbonyl (C=O) groups excluding carboxylic acids is 2. The Morgan fingerprint density at radius 2 is 1.73 bits per heavy atom. The van der Waals surface area contributed by atoms with Crippen LogP contribution in [-0.4, -0.2) is 50.0 Å². The zero-order chi connectivity index (χ0) is 24.9. The minimum atomic E-state index is -4.03. The zero-order valence-electron chi connectivity index (χ0n) is 18.7. The average Bonchev–Trinajstić information content (AvgIpc) is 2.70. The second-order valence-electron chi connectivity index (χ2n) is 7.86. The molecule has 0 bridgehead atoms. The molecule has 0 radical (unpaired) electrons. The van der Waals surface area contributed by atoms with E-state index in [0.29, 0.717) is 15.9 Å². The van der Waals surface area contributed by atoms with E-state index in [1.54, 1.807) is 38.1 Å². The van der Waals surface area contributed by atoms with Gasteiger partial charge in [0, 0.05) is 23.1 Å². The summed E-state index contributed by atoms with van der Waals surface area (Å²) in [6, 6.07) is 8.58. The largest absolute Gasteiger partial charge is 0.352 e. The summed E-state index contributed by atoms with van der Waals surface area (Å²) < 4.78 is 53.3. The van der Waals surface area contributed by atoms with Crippen LogP contribution >= 0.6 is 15.9 Å². The molecule has 2 aromatic carbocycles. The van der Waals surface area contributed by atoms with Gasteiger partial charge in [-0.1, -0.05) is 28.1 Å². The lowest BCUT2D eigenvalue weighted by molar-refractivity contribution is -0.139. The molecule has 180 valence electrons. The number of carbonyl (C=O) groups is 2. The van der Waals surface area contributed by atoms with Gasteiger partial charge in [0.1, 0.15) is 12.6 Å². The third kappa shape index (κ3) is 7.50. The van der Waals surface area contributed by atoms with Crippen molar-refractivity contribution in [1.29, 1.82) is 0 Å². The highest BCUT2D eigenvalue weighted by molar-refractivity contribution is 9.10. The summed E-state index contributed by atoms with van der Waals surface area (Å²) in [7, 11) is -4.03. The number of rotatable bonds is 9. The van der Waals surface area contributed by atoms with E-state index in [4.69, 9.17) is 0 Å². The van der Waals surface area contributed by atoms with E-state index in [1.165, 1.54) is 11.8 Å². The Morgan fingerprint density at radius 1 is 1.06 bits per heavy atom. The Labute approximate surface area is 200 Å². The van der Waals surface area contributed by atoms with Gasteiger partial charge < -0.3 is 10.2 Å². The summed E-state index contributed by atoms with van der Waals surface area (Å²) in [5, 5.41) is 2.74. The topological polar surface area (TPSA) is 86.8 Å².